The van der Waals surface area contributed by atoms with E-state index < -0.39 is 0 Å². The molecule has 124 valence electrons. The van der Waals surface area contributed by atoms with Gasteiger partial charge in [0.2, 0.25) is 6.79 Å². The van der Waals surface area contributed by atoms with E-state index in [1.807, 2.05) is 18.2 Å². The number of aromatic nitrogens is 2. The average molecular weight is 353 g/mol. The van der Waals surface area contributed by atoms with Gasteiger partial charge < -0.3 is 9.47 Å². The second kappa shape index (κ2) is 5.36. The fourth-order valence-electron chi connectivity index (χ4n) is 3.33. The molecule has 2 aliphatic rings. The number of nitrogens with zero attached hydrogens (tertiary/aromatic N) is 2. The molecule has 2 aromatic carbocycles. The second-order valence-corrected chi connectivity index (χ2v) is 6.52. The first kappa shape index (κ1) is 14.5. The predicted molar refractivity (Wildman–Crippen MR) is 96.1 cm³/mol. The lowest BCUT2D eigenvalue weighted by atomic mass is 10.1. The fraction of sp³-hybridized carbons (Fsp3) is 0.158. The molecule has 1 aromatic heterocycles. The van der Waals surface area contributed by atoms with Crippen molar-refractivity contribution in [3.8, 4) is 11.5 Å². The smallest absolute Gasteiger partial charge is 0.261 e. The third kappa shape index (κ3) is 2.31. The van der Waals surface area contributed by atoms with E-state index in [0.29, 0.717) is 22.5 Å². The highest BCUT2D eigenvalue weighted by molar-refractivity contribution is 6.31. The number of hydrogen-bond donors (Lipinski definition) is 0. The molecular formula is C19H13ClN2O3. The molecule has 0 bridgehead atoms. The quantitative estimate of drug-likeness (QED) is 0.669. The molecule has 3 aromatic rings. The summed E-state index contributed by atoms with van der Waals surface area (Å²) in [7, 11) is 0. The summed E-state index contributed by atoms with van der Waals surface area (Å²) in [6, 6.07) is 11.0. The van der Waals surface area contributed by atoms with Crippen LogP contribution in [0.2, 0.25) is 5.02 Å². The summed E-state index contributed by atoms with van der Waals surface area (Å²) in [6.45, 7) is 0.879. The SMILES string of the molecule is O=c1c2cc(Cl)ccc2nc2n1CCC2=Cc1ccc2c(c1)OCO2. The van der Waals surface area contributed by atoms with E-state index in [-0.39, 0.29) is 12.4 Å². The van der Waals surface area contributed by atoms with Crippen molar-refractivity contribution in [2.75, 3.05) is 6.79 Å². The molecular weight excluding hydrogens is 340 g/mol. The Kier molecular flexibility index (Phi) is 3.12. The van der Waals surface area contributed by atoms with Gasteiger partial charge in [-0.3, -0.25) is 9.36 Å². The Bertz CT molecular complexity index is 1120. The van der Waals surface area contributed by atoms with Crippen molar-refractivity contribution in [2.24, 2.45) is 0 Å². The first-order valence-electron chi connectivity index (χ1n) is 8.00. The van der Waals surface area contributed by atoms with Crippen molar-refractivity contribution in [3.05, 3.63) is 63.2 Å². The van der Waals surface area contributed by atoms with Crippen LogP contribution in [0.15, 0.2) is 41.2 Å². The highest BCUT2D eigenvalue weighted by Crippen LogP contribution is 2.34. The summed E-state index contributed by atoms with van der Waals surface area (Å²) in [4.78, 5) is 17.4. The summed E-state index contributed by atoms with van der Waals surface area (Å²) in [5.41, 5.74) is 2.65. The molecule has 6 heteroatoms. The Morgan fingerprint density at radius 2 is 2.00 bits per heavy atom. The van der Waals surface area contributed by atoms with Gasteiger partial charge in [0.05, 0.1) is 10.9 Å². The third-order valence-corrected chi connectivity index (χ3v) is 4.78. The first-order chi connectivity index (χ1) is 12.2. The maximum Gasteiger partial charge on any atom is 0.261 e. The summed E-state index contributed by atoms with van der Waals surface area (Å²) in [5.74, 6) is 2.22. The standard InChI is InChI=1S/C19H13ClN2O3/c20-13-2-3-15-14(9-13)19(23)22-6-5-12(18(22)21-15)7-11-1-4-16-17(8-11)25-10-24-16/h1-4,7-9H,5-6,10H2. The van der Waals surface area contributed by atoms with E-state index in [0.717, 1.165) is 34.9 Å². The molecule has 0 fully saturated rings. The molecule has 0 amide bonds. The Morgan fingerprint density at radius 3 is 2.92 bits per heavy atom. The number of rotatable bonds is 1. The minimum Gasteiger partial charge on any atom is -0.454 e. The van der Waals surface area contributed by atoms with Crippen LogP contribution in [-0.4, -0.2) is 16.3 Å². The molecule has 0 saturated heterocycles. The van der Waals surface area contributed by atoms with Crippen LogP contribution in [0, 0.1) is 0 Å². The Labute approximate surface area is 148 Å². The zero-order valence-corrected chi connectivity index (χ0v) is 13.9. The van der Waals surface area contributed by atoms with Gasteiger partial charge in [-0.1, -0.05) is 17.7 Å². The van der Waals surface area contributed by atoms with Gasteiger partial charge in [-0.15, -0.1) is 0 Å². The molecule has 3 heterocycles. The first-order valence-corrected chi connectivity index (χ1v) is 8.37. The topological polar surface area (TPSA) is 53.4 Å². The zero-order valence-electron chi connectivity index (χ0n) is 13.2. The normalized spacial score (nSPS) is 16.6. The van der Waals surface area contributed by atoms with Gasteiger partial charge >= 0.3 is 0 Å². The van der Waals surface area contributed by atoms with Crippen molar-refractivity contribution < 1.29 is 9.47 Å². The second-order valence-electron chi connectivity index (χ2n) is 6.09. The van der Waals surface area contributed by atoms with Crippen LogP contribution < -0.4 is 15.0 Å². The Hall–Kier alpha value is -2.79. The van der Waals surface area contributed by atoms with Crippen molar-refractivity contribution in [2.45, 2.75) is 13.0 Å². The van der Waals surface area contributed by atoms with Gasteiger partial charge in [-0.05, 0) is 54.0 Å². The Balaban J connectivity index is 1.64. The summed E-state index contributed by atoms with van der Waals surface area (Å²) in [5, 5.41) is 1.10. The van der Waals surface area contributed by atoms with Crippen molar-refractivity contribution >= 4 is 34.2 Å². The van der Waals surface area contributed by atoms with Crippen LogP contribution >= 0.6 is 11.6 Å². The van der Waals surface area contributed by atoms with Crippen LogP contribution in [0.25, 0.3) is 22.6 Å². The average Bonchev–Trinajstić information content (AvgIpc) is 3.23. The molecule has 2 aliphatic heterocycles. The number of hydrogen-bond acceptors (Lipinski definition) is 4. The van der Waals surface area contributed by atoms with E-state index in [4.69, 9.17) is 21.1 Å². The lowest BCUT2D eigenvalue weighted by Crippen LogP contribution is -2.20. The van der Waals surface area contributed by atoms with Crippen molar-refractivity contribution in [1.82, 2.24) is 9.55 Å². The summed E-state index contributed by atoms with van der Waals surface area (Å²) in [6.07, 6.45) is 2.82. The highest BCUT2D eigenvalue weighted by Gasteiger charge is 2.21. The van der Waals surface area contributed by atoms with Crippen LogP contribution in [0.3, 0.4) is 0 Å². The zero-order chi connectivity index (χ0) is 17.0. The van der Waals surface area contributed by atoms with Crippen LogP contribution in [0.5, 0.6) is 11.5 Å². The van der Waals surface area contributed by atoms with Gasteiger partial charge in [0.1, 0.15) is 5.82 Å². The lowest BCUT2D eigenvalue weighted by molar-refractivity contribution is 0.174. The predicted octanol–water partition coefficient (Wildman–Crippen LogP) is 3.72. The van der Waals surface area contributed by atoms with Gasteiger partial charge in [-0.25, -0.2) is 4.98 Å². The number of ether oxygens (including phenoxy) is 2. The molecule has 0 aliphatic carbocycles. The monoisotopic (exact) mass is 352 g/mol. The van der Waals surface area contributed by atoms with Crippen molar-refractivity contribution in [3.63, 3.8) is 0 Å². The lowest BCUT2D eigenvalue weighted by Gasteiger charge is -2.06. The number of halogens is 1. The van der Waals surface area contributed by atoms with E-state index in [9.17, 15) is 4.79 Å². The largest absolute Gasteiger partial charge is 0.454 e. The van der Waals surface area contributed by atoms with Crippen molar-refractivity contribution in [1.29, 1.82) is 0 Å². The molecule has 0 saturated carbocycles. The molecule has 5 rings (SSSR count). The maximum atomic E-state index is 12.7. The minimum atomic E-state index is -0.0448. The summed E-state index contributed by atoms with van der Waals surface area (Å²) < 4.78 is 12.5. The minimum absolute atomic E-state index is 0.0448. The molecule has 0 radical (unpaired) electrons. The molecule has 0 spiro atoms. The van der Waals surface area contributed by atoms with E-state index >= 15 is 0 Å². The molecule has 25 heavy (non-hydrogen) atoms. The van der Waals surface area contributed by atoms with Gasteiger partial charge in [-0.2, -0.15) is 0 Å². The van der Waals surface area contributed by atoms with Crippen LogP contribution in [-0.2, 0) is 6.54 Å². The number of allylic oxidation sites excluding steroid dienone is 1. The number of fused-ring (bicyclic) bond motifs is 3. The van der Waals surface area contributed by atoms with Crippen LogP contribution in [0.1, 0.15) is 17.8 Å². The summed E-state index contributed by atoms with van der Waals surface area (Å²) >= 11 is 6.01. The van der Waals surface area contributed by atoms with Gasteiger partial charge in [0.15, 0.2) is 11.5 Å². The highest BCUT2D eigenvalue weighted by atomic mass is 35.5. The van der Waals surface area contributed by atoms with E-state index in [2.05, 4.69) is 11.1 Å². The fourth-order valence-corrected chi connectivity index (χ4v) is 3.50. The van der Waals surface area contributed by atoms with E-state index in [1.54, 1.807) is 22.8 Å². The van der Waals surface area contributed by atoms with Gasteiger partial charge in [0.25, 0.3) is 5.56 Å². The van der Waals surface area contributed by atoms with Crippen LogP contribution in [0.4, 0.5) is 0 Å². The van der Waals surface area contributed by atoms with E-state index in [1.165, 1.54) is 0 Å². The van der Waals surface area contributed by atoms with Gasteiger partial charge in [0, 0.05) is 11.6 Å². The molecule has 0 N–H and O–H groups in total. The molecule has 5 nitrogen and oxygen atoms in total. The molecule has 0 atom stereocenters. The maximum absolute atomic E-state index is 12.7. The Morgan fingerprint density at radius 1 is 1.12 bits per heavy atom. The number of benzene rings is 2. The third-order valence-electron chi connectivity index (χ3n) is 4.55. The molecule has 0 unspecified atom stereocenters.